The molecular weight excluding hydrogens is 424 g/mol. The summed E-state index contributed by atoms with van der Waals surface area (Å²) in [6.45, 7) is 2.24. The number of carbonyl (C=O) groups excluding carboxylic acids is 1. The number of aromatic hydroxyl groups is 1. The number of carbonyl (C=O) groups is 1. The predicted molar refractivity (Wildman–Crippen MR) is 113 cm³/mol. The Morgan fingerprint density at radius 3 is 2.57 bits per heavy atom. The molecule has 6 nitrogen and oxygen atoms in total. The molecule has 3 rings (SSSR count). The molecule has 0 bridgehead atoms. The Labute approximate surface area is 170 Å². The lowest BCUT2D eigenvalue weighted by atomic mass is 10.1. The van der Waals surface area contributed by atoms with Crippen LogP contribution in [0.3, 0.4) is 0 Å². The van der Waals surface area contributed by atoms with Gasteiger partial charge in [0, 0.05) is 10.0 Å². The number of phenols is 1. The third-order valence-electron chi connectivity index (χ3n) is 4.05. The quantitative estimate of drug-likeness (QED) is 0.435. The maximum Gasteiger partial charge on any atom is 0.275 e. The highest BCUT2D eigenvalue weighted by atomic mass is 79.9. The minimum Gasteiger partial charge on any atom is -0.504 e. The average Bonchev–Trinajstić information content (AvgIpc) is 2.70. The number of halogens is 1. The highest BCUT2D eigenvalue weighted by molar-refractivity contribution is 9.10. The van der Waals surface area contributed by atoms with Crippen molar-refractivity contribution in [2.45, 2.75) is 6.92 Å². The molecule has 28 heavy (non-hydrogen) atoms. The summed E-state index contributed by atoms with van der Waals surface area (Å²) in [5.41, 5.74) is 3.24. The van der Waals surface area contributed by atoms with Crippen LogP contribution >= 0.6 is 15.9 Å². The van der Waals surface area contributed by atoms with E-state index >= 15 is 0 Å². The Hall–Kier alpha value is -3.06. The van der Waals surface area contributed by atoms with Crippen LogP contribution in [0.5, 0.6) is 17.2 Å². The molecule has 0 aliphatic rings. The molecule has 144 valence electrons. The Morgan fingerprint density at radius 1 is 1.18 bits per heavy atom. The van der Waals surface area contributed by atoms with E-state index in [4.69, 9.17) is 9.47 Å². The SMILES string of the molecule is CCOc1cc(Br)cc(/C=N\NC(=O)c2cc3ccccc3cc2OC)c1O. The number of rotatable bonds is 6. The van der Waals surface area contributed by atoms with E-state index in [0.717, 1.165) is 15.2 Å². The second-order valence-electron chi connectivity index (χ2n) is 5.87. The fourth-order valence-electron chi connectivity index (χ4n) is 2.74. The molecule has 3 aromatic carbocycles. The number of hydrogen-bond donors (Lipinski definition) is 2. The predicted octanol–water partition coefficient (Wildman–Crippen LogP) is 4.48. The van der Waals surface area contributed by atoms with Crippen LogP contribution in [0.4, 0.5) is 0 Å². The van der Waals surface area contributed by atoms with Gasteiger partial charge >= 0.3 is 0 Å². The van der Waals surface area contributed by atoms with Crippen molar-refractivity contribution >= 4 is 38.8 Å². The lowest BCUT2D eigenvalue weighted by molar-refractivity contribution is 0.0952. The number of amides is 1. The summed E-state index contributed by atoms with van der Waals surface area (Å²) >= 11 is 3.36. The number of ether oxygens (including phenoxy) is 2. The van der Waals surface area contributed by atoms with E-state index in [2.05, 4.69) is 26.5 Å². The highest BCUT2D eigenvalue weighted by Gasteiger charge is 2.14. The first-order valence-corrected chi connectivity index (χ1v) is 9.38. The van der Waals surface area contributed by atoms with Gasteiger partial charge in [0.05, 0.1) is 25.5 Å². The van der Waals surface area contributed by atoms with Crippen LogP contribution in [0.2, 0.25) is 0 Å². The lowest BCUT2D eigenvalue weighted by Gasteiger charge is -2.10. The summed E-state index contributed by atoms with van der Waals surface area (Å²) in [7, 11) is 1.51. The number of nitrogens with one attached hydrogen (secondary N) is 1. The van der Waals surface area contributed by atoms with Gasteiger partial charge < -0.3 is 14.6 Å². The summed E-state index contributed by atoms with van der Waals surface area (Å²) in [5, 5.41) is 16.1. The van der Waals surface area contributed by atoms with Gasteiger partial charge in [-0.1, -0.05) is 40.2 Å². The molecule has 0 atom stereocenters. The molecule has 0 radical (unpaired) electrons. The summed E-state index contributed by atoms with van der Waals surface area (Å²) in [5.74, 6) is 0.320. The topological polar surface area (TPSA) is 80.2 Å². The standard InChI is InChI=1S/C21H19BrN2O4/c1-3-28-19-11-16(22)8-15(20(19)25)12-23-24-21(26)17-9-13-6-4-5-7-14(13)10-18(17)27-2/h4-12,25H,3H2,1-2H3,(H,24,26)/b23-12-. The van der Waals surface area contributed by atoms with E-state index < -0.39 is 5.91 Å². The Bertz CT molecular complexity index is 1050. The zero-order valence-electron chi connectivity index (χ0n) is 15.4. The molecule has 0 unspecified atom stereocenters. The summed E-state index contributed by atoms with van der Waals surface area (Å²) in [6.07, 6.45) is 1.36. The molecule has 0 spiro atoms. The zero-order valence-corrected chi connectivity index (χ0v) is 17.0. The van der Waals surface area contributed by atoms with E-state index in [0.29, 0.717) is 29.2 Å². The Morgan fingerprint density at radius 2 is 1.89 bits per heavy atom. The van der Waals surface area contributed by atoms with E-state index in [1.54, 1.807) is 18.2 Å². The minimum absolute atomic E-state index is 0.0497. The van der Waals surface area contributed by atoms with Crippen molar-refractivity contribution < 1.29 is 19.4 Å². The summed E-state index contributed by atoms with van der Waals surface area (Å²) < 4.78 is 11.4. The molecule has 0 saturated carbocycles. The molecule has 1 amide bonds. The van der Waals surface area contributed by atoms with Gasteiger partial charge in [-0.15, -0.1) is 0 Å². The number of methoxy groups -OCH3 is 1. The number of benzene rings is 3. The second-order valence-corrected chi connectivity index (χ2v) is 6.79. The number of nitrogens with zero attached hydrogens (tertiary/aromatic N) is 1. The van der Waals surface area contributed by atoms with Crippen molar-refractivity contribution in [2.75, 3.05) is 13.7 Å². The number of hydrogen-bond acceptors (Lipinski definition) is 5. The summed E-state index contributed by atoms with van der Waals surface area (Å²) in [6, 6.07) is 14.6. The molecule has 0 aromatic heterocycles. The molecular formula is C21H19BrN2O4. The molecule has 0 saturated heterocycles. The number of fused-ring (bicyclic) bond motifs is 1. The zero-order chi connectivity index (χ0) is 20.1. The fraction of sp³-hybridized carbons (Fsp3) is 0.143. The molecule has 0 aliphatic carbocycles. The molecule has 0 heterocycles. The summed E-state index contributed by atoms with van der Waals surface area (Å²) in [4.78, 5) is 12.6. The van der Waals surface area contributed by atoms with Crippen LogP contribution in [-0.4, -0.2) is 30.9 Å². The average molecular weight is 443 g/mol. The largest absolute Gasteiger partial charge is 0.504 e. The van der Waals surface area contributed by atoms with Crippen LogP contribution in [0.1, 0.15) is 22.8 Å². The highest BCUT2D eigenvalue weighted by Crippen LogP contribution is 2.33. The first-order valence-electron chi connectivity index (χ1n) is 8.59. The lowest BCUT2D eigenvalue weighted by Crippen LogP contribution is -2.18. The fourth-order valence-corrected chi connectivity index (χ4v) is 3.20. The first-order chi connectivity index (χ1) is 13.5. The van der Waals surface area contributed by atoms with Crippen LogP contribution in [0.15, 0.2) is 58.1 Å². The first kappa shape index (κ1) is 19.7. The third-order valence-corrected chi connectivity index (χ3v) is 4.51. The van der Waals surface area contributed by atoms with Crippen molar-refractivity contribution in [3.8, 4) is 17.2 Å². The van der Waals surface area contributed by atoms with E-state index in [9.17, 15) is 9.90 Å². The van der Waals surface area contributed by atoms with Gasteiger partial charge in [-0.2, -0.15) is 5.10 Å². The van der Waals surface area contributed by atoms with E-state index in [1.165, 1.54) is 13.3 Å². The molecule has 7 heteroatoms. The van der Waals surface area contributed by atoms with Crippen LogP contribution in [0, 0.1) is 0 Å². The van der Waals surface area contributed by atoms with Crippen LogP contribution in [-0.2, 0) is 0 Å². The van der Waals surface area contributed by atoms with Crippen molar-refractivity contribution in [3.05, 3.63) is 64.1 Å². The smallest absolute Gasteiger partial charge is 0.275 e. The van der Waals surface area contributed by atoms with Gasteiger partial charge in [-0.25, -0.2) is 5.43 Å². The molecule has 0 aliphatic heterocycles. The van der Waals surface area contributed by atoms with Crippen molar-refractivity contribution in [1.82, 2.24) is 5.43 Å². The van der Waals surface area contributed by atoms with Crippen molar-refractivity contribution in [3.63, 3.8) is 0 Å². The monoisotopic (exact) mass is 442 g/mol. The van der Waals surface area contributed by atoms with Gasteiger partial charge in [-0.05, 0) is 42.0 Å². The van der Waals surface area contributed by atoms with Gasteiger partial charge in [0.15, 0.2) is 11.5 Å². The number of hydrazone groups is 1. The number of phenolic OH excluding ortho intramolecular Hbond substituents is 1. The normalized spacial score (nSPS) is 11.0. The van der Waals surface area contributed by atoms with E-state index in [1.807, 2.05) is 37.3 Å². The minimum atomic E-state index is -0.418. The molecule has 2 N–H and O–H groups in total. The van der Waals surface area contributed by atoms with E-state index in [-0.39, 0.29) is 5.75 Å². The van der Waals surface area contributed by atoms with Crippen molar-refractivity contribution in [2.24, 2.45) is 5.10 Å². The van der Waals surface area contributed by atoms with Gasteiger partial charge in [-0.3, -0.25) is 4.79 Å². The van der Waals surface area contributed by atoms with Crippen molar-refractivity contribution in [1.29, 1.82) is 0 Å². The third kappa shape index (κ3) is 4.26. The van der Waals surface area contributed by atoms with Crippen LogP contribution in [0.25, 0.3) is 10.8 Å². The maximum atomic E-state index is 12.6. The Kier molecular flexibility index (Phi) is 6.16. The van der Waals surface area contributed by atoms with Gasteiger partial charge in [0.25, 0.3) is 5.91 Å². The molecule has 3 aromatic rings. The van der Waals surface area contributed by atoms with Gasteiger partial charge in [0.1, 0.15) is 5.75 Å². The van der Waals surface area contributed by atoms with Crippen LogP contribution < -0.4 is 14.9 Å². The Balaban J connectivity index is 1.84. The molecule has 0 fully saturated rings. The maximum absolute atomic E-state index is 12.6. The second kappa shape index (κ2) is 8.75. The van der Waals surface area contributed by atoms with Gasteiger partial charge in [0.2, 0.25) is 0 Å².